The first kappa shape index (κ1) is 9.28. The first-order chi connectivity index (χ1) is 6.66. The minimum absolute atomic E-state index is 0.833. The highest BCUT2D eigenvalue weighted by Gasteiger charge is 2.03. The maximum absolute atomic E-state index is 5.71. The SMILES string of the molecule is Cc1ccc(-c2ccc(N)cc2C)s1. The summed E-state index contributed by atoms with van der Waals surface area (Å²) in [6.45, 7) is 4.22. The number of thiophene rings is 1. The summed E-state index contributed by atoms with van der Waals surface area (Å²) < 4.78 is 0. The lowest BCUT2D eigenvalue weighted by Crippen LogP contribution is -1.86. The fraction of sp³-hybridized carbons (Fsp3) is 0.167. The molecule has 2 N–H and O–H groups in total. The van der Waals surface area contributed by atoms with Crippen molar-refractivity contribution < 1.29 is 0 Å². The van der Waals surface area contributed by atoms with Gasteiger partial charge in [-0.1, -0.05) is 6.07 Å². The molecule has 0 fully saturated rings. The van der Waals surface area contributed by atoms with Crippen LogP contribution in [0.5, 0.6) is 0 Å². The van der Waals surface area contributed by atoms with E-state index in [0.717, 1.165) is 5.69 Å². The van der Waals surface area contributed by atoms with Crippen LogP contribution in [0.1, 0.15) is 10.4 Å². The fourth-order valence-electron chi connectivity index (χ4n) is 1.54. The third-order valence-corrected chi connectivity index (χ3v) is 3.29. The minimum Gasteiger partial charge on any atom is -0.399 e. The molecule has 72 valence electrons. The van der Waals surface area contributed by atoms with Gasteiger partial charge in [0, 0.05) is 15.4 Å². The molecule has 0 amide bonds. The quantitative estimate of drug-likeness (QED) is 0.704. The molecule has 2 rings (SSSR count). The first-order valence-corrected chi connectivity index (χ1v) is 5.41. The van der Waals surface area contributed by atoms with Gasteiger partial charge in [0.05, 0.1) is 0 Å². The summed E-state index contributed by atoms with van der Waals surface area (Å²) in [5, 5.41) is 0. The molecule has 0 atom stereocenters. The summed E-state index contributed by atoms with van der Waals surface area (Å²) in [6.07, 6.45) is 0. The van der Waals surface area contributed by atoms with E-state index in [2.05, 4.69) is 32.0 Å². The van der Waals surface area contributed by atoms with Crippen LogP contribution < -0.4 is 5.73 Å². The molecular weight excluding hydrogens is 190 g/mol. The predicted octanol–water partition coefficient (Wildman–Crippen LogP) is 3.61. The van der Waals surface area contributed by atoms with Crippen molar-refractivity contribution in [2.75, 3.05) is 5.73 Å². The van der Waals surface area contributed by atoms with E-state index in [4.69, 9.17) is 5.73 Å². The predicted molar refractivity (Wildman–Crippen MR) is 63.6 cm³/mol. The molecule has 0 aliphatic rings. The lowest BCUT2D eigenvalue weighted by Gasteiger charge is -2.03. The second kappa shape index (κ2) is 3.46. The zero-order valence-corrected chi connectivity index (χ0v) is 9.19. The number of rotatable bonds is 1. The van der Waals surface area contributed by atoms with E-state index in [1.807, 2.05) is 23.5 Å². The summed E-state index contributed by atoms with van der Waals surface area (Å²) in [5.74, 6) is 0. The molecule has 0 saturated heterocycles. The molecule has 0 aliphatic carbocycles. The number of benzene rings is 1. The first-order valence-electron chi connectivity index (χ1n) is 4.60. The van der Waals surface area contributed by atoms with Gasteiger partial charge in [-0.15, -0.1) is 11.3 Å². The molecule has 0 radical (unpaired) electrons. The standard InChI is InChI=1S/C12H13NS/c1-8-7-10(13)4-5-11(8)12-6-3-9(2)14-12/h3-7H,13H2,1-2H3. The Morgan fingerprint density at radius 3 is 2.43 bits per heavy atom. The Hall–Kier alpha value is -1.28. The second-order valence-corrected chi connectivity index (χ2v) is 4.77. The molecule has 1 aromatic heterocycles. The van der Waals surface area contributed by atoms with Crippen LogP contribution in [0.25, 0.3) is 10.4 Å². The van der Waals surface area contributed by atoms with Crippen molar-refractivity contribution in [1.29, 1.82) is 0 Å². The van der Waals surface area contributed by atoms with E-state index >= 15 is 0 Å². The maximum atomic E-state index is 5.71. The number of nitrogens with two attached hydrogens (primary N) is 1. The zero-order chi connectivity index (χ0) is 10.1. The van der Waals surface area contributed by atoms with E-state index in [-0.39, 0.29) is 0 Å². The Morgan fingerprint density at radius 1 is 1.07 bits per heavy atom. The van der Waals surface area contributed by atoms with E-state index < -0.39 is 0 Å². The molecular formula is C12H13NS. The normalized spacial score (nSPS) is 10.4. The second-order valence-electron chi connectivity index (χ2n) is 3.48. The van der Waals surface area contributed by atoms with E-state index in [9.17, 15) is 0 Å². The summed E-state index contributed by atoms with van der Waals surface area (Å²) in [5.41, 5.74) is 9.08. The highest BCUT2D eigenvalue weighted by atomic mass is 32.1. The van der Waals surface area contributed by atoms with Crippen molar-refractivity contribution in [2.24, 2.45) is 0 Å². The molecule has 0 saturated carbocycles. The Bertz CT molecular complexity index is 457. The number of anilines is 1. The maximum Gasteiger partial charge on any atom is 0.0348 e. The topological polar surface area (TPSA) is 26.0 Å². The van der Waals surface area contributed by atoms with Crippen LogP contribution in [0.3, 0.4) is 0 Å². The Kier molecular flexibility index (Phi) is 2.30. The highest BCUT2D eigenvalue weighted by molar-refractivity contribution is 7.15. The summed E-state index contributed by atoms with van der Waals surface area (Å²) in [4.78, 5) is 2.66. The van der Waals surface area contributed by atoms with E-state index in [1.165, 1.54) is 20.9 Å². The molecule has 1 heterocycles. The molecule has 0 unspecified atom stereocenters. The minimum atomic E-state index is 0.833. The van der Waals surface area contributed by atoms with Gasteiger partial charge in [-0.05, 0) is 49.2 Å². The lowest BCUT2D eigenvalue weighted by molar-refractivity contribution is 1.48. The van der Waals surface area contributed by atoms with Crippen molar-refractivity contribution in [2.45, 2.75) is 13.8 Å². The Labute approximate surface area is 88.2 Å². The van der Waals surface area contributed by atoms with Gasteiger partial charge in [0.15, 0.2) is 0 Å². The third-order valence-electron chi connectivity index (χ3n) is 2.26. The van der Waals surface area contributed by atoms with Gasteiger partial charge >= 0.3 is 0 Å². The molecule has 1 nitrogen and oxygen atoms in total. The van der Waals surface area contributed by atoms with E-state index in [0.29, 0.717) is 0 Å². The van der Waals surface area contributed by atoms with Gasteiger partial charge in [-0.2, -0.15) is 0 Å². The molecule has 1 aromatic carbocycles. The zero-order valence-electron chi connectivity index (χ0n) is 8.37. The van der Waals surface area contributed by atoms with Gasteiger partial charge in [-0.25, -0.2) is 0 Å². The summed E-state index contributed by atoms with van der Waals surface area (Å²) >= 11 is 1.82. The van der Waals surface area contributed by atoms with Crippen LogP contribution in [-0.4, -0.2) is 0 Å². The Morgan fingerprint density at radius 2 is 1.86 bits per heavy atom. The molecule has 14 heavy (non-hydrogen) atoms. The molecule has 2 aromatic rings. The number of hydrogen-bond donors (Lipinski definition) is 1. The smallest absolute Gasteiger partial charge is 0.0348 e. The molecule has 0 aliphatic heterocycles. The number of hydrogen-bond acceptors (Lipinski definition) is 2. The van der Waals surface area contributed by atoms with Crippen LogP contribution >= 0.6 is 11.3 Å². The highest BCUT2D eigenvalue weighted by Crippen LogP contribution is 2.30. The number of nitrogen functional groups attached to an aromatic ring is 1. The van der Waals surface area contributed by atoms with Crippen molar-refractivity contribution in [3.05, 3.63) is 40.8 Å². The molecule has 2 heteroatoms. The van der Waals surface area contributed by atoms with Crippen LogP contribution in [0, 0.1) is 13.8 Å². The molecule has 0 bridgehead atoms. The van der Waals surface area contributed by atoms with Crippen molar-refractivity contribution >= 4 is 17.0 Å². The number of aryl methyl sites for hydroxylation is 2. The Balaban J connectivity index is 2.52. The average Bonchev–Trinajstić information content (AvgIpc) is 2.51. The summed E-state index contributed by atoms with van der Waals surface area (Å²) in [7, 11) is 0. The van der Waals surface area contributed by atoms with Gasteiger partial charge in [0.1, 0.15) is 0 Å². The van der Waals surface area contributed by atoms with Crippen molar-refractivity contribution in [1.82, 2.24) is 0 Å². The molecule has 0 spiro atoms. The van der Waals surface area contributed by atoms with Crippen LogP contribution in [0.15, 0.2) is 30.3 Å². The van der Waals surface area contributed by atoms with Crippen LogP contribution in [-0.2, 0) is 0 Å². The van der Waals surface area contributed by atoms with Gasteiger partial charge in [-0.3, -0.25) is 0 Å². The van der Waals surface area contributed by atoms with Crippen molar-refractivity contribution in [3.8, 4) is 10.4 Å². The van der Waals surface area contributed by atoms with E-state index in [1.54, 1.807) is 0 Å². The lowest BCUT2D eigenvalue weighted by atomic mass is 10.1. The van der Waals surface area contributed by atoms with Gasteiger partial charge in [0.2, 0.25) is 0 Å². The monoisotopic (exact) mass is 203 g/mol. The fourth-order valence-corrected chi connectivity index (χ4v) is 2.50. The average molecular weight is 203 g/mol. The van der Waals surface area contributed by atoms with Crippen LogP contribution in [0.2, 0.25) is 0 Å². The van der Waals surface area contributed by atoms with Gasteiger partial charge in [0.25, 0.3) is 0 Å². The van der Waals surface area contributed by atoms with Crippen molar-refractivity contribution in [3.63, 3.8) is 0 Å². The summed E-state index contributed by atoms with van der Waals surface area (Å²) in [6, 6.07) is 10.4. The largest absolute Gasteiger partial charge is 0.399 e. The van der Waals surface area contributed by atoms with Gasteiger partial charge < -0.3 is 5.73 Å². The van der Waals surface area contributed by atoms with Crippen LogP contribution in [0.4, 0.5) is 5.69 Å². The third kappa shape index (κ3) is 1.66.